The Kier molecular flexibility index (Phi) is 11.3. The van der Waals surface area contributed by atoms with Gasteiger partial charge in [-0.1, -0.05) is 13.8 Å². The Hall–Kier alpha value is 0.460. The molecule has 3 unspecified atom stereocenters. The smallest absolute Gasteiger partial charge is 0.122 e. The van der Waals surface area contributed by atoms with E-state index in [1.807, 2.05) is 13.8 Å². The zero-order valence-electron chi connectivity index (χ0n) is 13.5. The van der Waals surface area contributed by atoms with Crippen LogP contribution in [0, 0.1) is 0 Å². The predicted molar refractivity (Wildman–Crippen MR) is 94.4 cm³/mol. The molecule has 0 aliphatic rings. The van der Waals surface area contributed by atoms with Gasteiger partial charge in [-0.05, 0) is 26.9 Å². The average molecular weight is 341 g/mol. The van der Waals surface area contributed by atoms with E-state index in [-0.39, 0.29) is 4.71 Å². The molecule has 0 heterocycles. The molecule has 0 amide bonds. The molecule has 3 atom stereocenters. The third kappa shape index (κ3) is 8.61. The van der Waals surface area contributed by atoms with Gasteiger partial charge in [0.25, 0.3) is 0 Å². The van der Waals surface area contributed by atoms with Gasteiger partial charge in [0.2, 0.25) is 0 Å². The highest BCUT2D eigenvalue weighted by Crippen LogP contribution is 2.20. The van der Waals surface area contributed by atoms with Gasteiger partial charge in [0, 0.05) is 18.8 Å². The maximum absolute atomic E-state index is 10.1. The number of thiol groups is 1. The minimum Gasteiger partial charge on any atom is -0.378 e. The van der Waals surface area contributed by atoms with Crippen LogP contribution in [-0.4, -0.2) is 69.7 Å². The summed E-state index contributed by atoms with van der Waals surface area (Å²) in [5, 5.41) is 26.0. The number of aliphatic hydroxyl groups excluding tert-OH is 2. The minimum atomic E-state index is -0.782. The van der Waals surface area contributed by atoms with E-state index in [2.05, 4.69) is 42.0 Å². The van der Waals surface area contributed by atoms with Crippen LogP contribution < -0.4 is 16.4 Å². The fraction of sp³-hybridized carbons (Fsp3) is 1.00. The summed E-state index contributed by atoms with van der Waals surface area (Å²) in [6, 6.07) is 0. The summed E-state index contributed by atoms with van der Waals surface area (Å²) < 4.78 is 0.0554. The lowest BCUT2D eigenvalue weighted by atomic mass is 10.0. The second-order valence-electron chi connectivity index (χ2n) is 5.41. The largest absolute Gasteiger partial charge is 0.378 e. The molecular formula is C13H32N4O2S2. The number of hydrogen-bond acceptors (Lipinski definition) is 8. The van der Waals surface area contributed by atoms with E-state index in [1.54, 1.807) is 11.8 Å². The molecule has 128 valence electrons. The SMILES string of the molecule is CCN(CC)C(S)SCC(O)NC(C)(C)C(O)NCCN. The zero-order chi connectivity index (χ0) is 16.5. The Morgan fingerprint density at radius 1 is 1.29 bits per heavy atom. The molecule has 0 saturated carbocycles. The van der Waals surface area contributed by atoms with E-state index in [4.69, 9.17) is 5.73 Å². The van der Waals surface area contributed by atoms with Crippen LogP contribution in [-0.2, 0) is 0 Å². The summed E-state index contributed by atoms with van der Waals surface area (Å²) in [5.74, 6) is 0.498. The van der Waals surface area contributed by atoms with Gasteiger partial charge in [-0.15, -0.1) is 24.4 Å². The first kappa shape index (κ1) is 21.5. The molecule has 0 saturated heterocycles. The van der Waals surface area contributed by atoms with E-state index in [9.17, 15) is 10.2 Å². The molecule has 6 nitrogen and oxygen atoms in total. The summed E-state index contributed by atoms with van der Waals surface area (Å²) in [4.78, 5) is 2.20. The minimum absolute atomic E-state index is 0.0554. The second-order valence-corrected chi connectivity index (χ2v) is 7.36. The van der Waals surface area contributed by atoms with Crippen LogP contribution in [0.15, 0.2) is 0 Å². The number of rotatable bonds is 12. The molecule has 0 rings (SSSR count). The quantitative estimate of drug-likeness (QED) is 0.217. The second kappa shape index (κ2) is 11.1. The number of nitrogens with two attached hydrogens (primary N) is 1. The van der Waals surface area contributed by atoms with Crippen LogP contribution in [0.25, 0.3) is 0 Å². The Morgan fingerprint density at radius 3 is 2.33 bits per heavy atom. The molecule has 0 aromatic heterocycles. The lowest BCUT2D eigenvalue weighted by Gasteiger charge is -2.35. The number of hydrogen-bond donors (Lipinski definition) is 6. The van der Waals surface area contributed by atoms with Crippen molar-refractivity contribution in [3.05, 3.63) is 0 Å². The Labute approximate surface area is 138 Å². The lowest BCUT2D eigenvalue weighted by molar-refractivity contribution is 0.0154. The van der Waals surface area contributed by atoms with Crippen LogP contribution in [0.1, 0.15) is 27.7 Å². The highest BCUT2D eigenvalue weighted by molar-refractivity contribution is 8.10. The fourth-order valence-electron chi connectivity index (χ4n) is 1.84. The first-order chi connectivity index (χ1) is 9.78. The van der Waals surface area contributed by atoms with Crippen LogP contribution >= 0.6 is 24.4 Å². The summed E-state index contributed by atoms with van der Waals surface area (Å²) >= 11 is 6.10. The van der Waals surface area contributed by atoms with Gasteiger partial charge in [0.05, 0.1) is 10.2 Å². The molecule has 0 spiro atoms. The molecule has 0 aromatic rings. The Bertz CT molecular complexity index is 269. The monoisotopic (exact) mass is 340 g/mol. The van der Waals surface area contributed by atoms with Crippen molar-refractivity contribution < 1.29 is 10.2 Å². The lowest BCUT2D eigenvalue weighted by Crippen LogP contribution is -2.59. The van der Waals surface area contributed by atoms with Gasteiger partial charge in [-0.2, -0.15) is 0 Å². The van der Waals surface area contributed by atoms with Crippen molar-refractivity contribution in [2.24, 2.45) is 5.73 Å². The van der Waals surface area contributed by atoms with Gasteiger partial charge in [0.1, 0.15) is 12.5 Å². The van der Waals surface area contributed by atoms with E-state index in [1.165, 1.54) is 0 Å². The fourth-order valence-corrected chi connectivity index (χ4v) is 3.38. The molecule has 0 aromatic carbocycles. The molecule has 0 bridgehead atoms. The normalized spacial score (nSPS) is 17.0. The standard InChI is InChI=1S/C13H32N4O2S2/c1-5-17(6-2)12(20)21-9-10(18)16-13(3,4)11(19)15-8-7-14/h10-12,15-16,18-20H,5-9,14H2,1-4H3. The van der Waals surface area contributed by atoms with Gasteiger partial charge >= 0.3 is 0 Å². The average Bonchev–Trinajstić information content (AvgIpc) is 2.43. The van der Waals surface area contributed by atoms with Crippen molar-refractivity contribution >= 4 is 24.4 Å². The highest BCUT2D eigenvalue weighted by Gasteiger charge is 2.29. The summed E-state index contributed by atoms with van der Waals surface area (Å²) in [6.07, 6.45) is -1.50. The molecule has 6 N–H and O–H groups in total. The van der Waals surface area contributed by atoms with Crippen molar-refractivity contribution in [1.82, 2.24) is 15.5 Å². The van der Waals surface area contributed by atoms with Gasteiger partial charge in [-0.25, -0.2) is 0 Å². The van der Waals surface area contributed by atoms with Crippen LogP contribution in [0.5, 0.6) is 0 Å². The molecule has 0 aliphatic heterocycles. The number of nitrogens with zero attached hydrogens (tertiary/aromatic N) is 1. The third-order valence-electron chi connectivity index (χ3n) is 3.23. The zero-order valence-corrected chi connectivity index (χ0v) is 15.3. The molecule has 0 radical (unpaired) electrons. The first-order valence-corrected chi connectivity index (χ1v) is 8.96. The summed E-state index contributed by atoms with van der Waals surface area (Å²) in [5.41, 5.74) is 4.74. The topological polar surface area (TPSA) is 93.8 Å². The van der Waals surface area contributed by atoms with E-state index >= 15 is 0 Å². The summed E-state index contributed by atoms with van der Waals surface area (Å²) in [6.45, 7) is 10.7. The van der Waals surface area contributed by atoms with Crippen LogP contribution in [0.4, 0.5) is 0 Å². The Morgan fingerprint density at radius 2 is 1.86 bits per heavy atom. The number of aliphatic hydroxyl groups is 2. The molecule has 0 aliphatic carbocycles. The van der Waals surface area contributed by atoms with Crippen molar-refractivity contribution in [1.29, 1.82) is 0 Å². The highest BCUT2D eigenvalue weighted by atomic mass is 32.2. The van der Waals surface area contributed by atoms with Gasteiger partial charge in [0.15, 0.2) is 0 Å². The maximum Gasteiger partial charge on any atom is 0.122 e. The van der Waals surface area contributed by atoms with Crippen molar-refractivity contribution in [2.75, 3.05) is 31.9 Å². The van der Waals surface area contributed by atoms with Gasteiger partial charge < -0.3 is 15.9 Å². The number of thioether (sulfide) groups is 1. The van der Waals surface area contributed by atoms with Crippen molar-refractivity contribution in [3.63, 3.8) is 0 Å². The molecular weight excluding hydrogens is 308 g/mol. The van der Waals surface area contributed by atoms with E-state index in [0.29, 0.717) is 18.8 Å². The van der Waals surface area contributed by atoms with Crippen LogP contribution in [0.3, 0.4) is 0 Å². The van der Waals surface area contributed by atoms with Crippen molar-refractivity contribution in [2.45, 2.75) is 50.4 Å². The van der Waals surface area contributed by atoms with E-state index in [0.717, 1.165) is 13.1 Å². The van der Waals surface area contributed by atoms with E-state index < -0.39 is 18.0 Å². The molecule has 8 heteroatoms. The van der Waals surface area contributed by atoms with Crippen LogP contribution in [0.2, 0.25) is 0 Å². The maximum atomic E-state index is 10.1. The Balaban J connectivity index is 4.19. The predicted octanol–water partition coefficient (Wildman–Crippen LogP) is -0.172. The first-order valence-electron chi connectivity index (χ1n) is 7.39. The number of nitrogens with one attached hydrogen (secondary N) is 2. The molecule has 0 fully saturated rings. The third-order valence-corrected chi connectivity index (χ3v) is 5.11. The van der Waals surface area contributed by atoms with Gasteiger partial charge in [-0.3, -0.25) is 15.5 Å². The molecule has 21 heavy (non-hydrogen) atoms. The van der Waals surface area contributed by atoms with Crippen molar-refractivity contribution in [3.8, 4) is 0 Å². The summed E-state index contributed by atoms with van der Waals surface area (Å²) in [7, 11) is 0.